The van der Waals surface area contributed by atoms with E-state index in [1.165, 1.54) is 20.8 Å². The average Bonchev–Trinajstić information content (AvgIpc) is 3.06. The quantitative estimate of drug-likeness (QED) is 0.0665. The number of carbonyl (C=O) groups excluding carboxylic acids is 4. The van der Waals surface area contributed by atoms with E-state index in [-0.39, 0.29) is 19.2 Å². The number of esters is 2. The van der Waals surface area contributed by atoms with Gasteiger partial charge in [-0.25, -0.2) is 9.59 Å². The number of nitrogens with one attached hydrogen (secondary N) is 2. The minimum atomic E-state index is -4.09. The van der Waals surface area contributed by atoms with Crippen LogP contribution in [0.5, 0.6) is 0 Å². The van der Waals surface area contributed by atoms with E-state index in [9.17, 15) is 23.7 Å². The molecule has 0 radical (unpaired) electrons. The van der Waals surface area contributed by atoms with Crippen molar-refractivity contribution in [3.63, 3.8) is 0 Å². The topological polar surface area (TPSA) is 146 Å². The van der Waals surface area contributed by atoms with Gasteiger partial charge in [-0.15, -0.1) is 0 Å². The van der Waals surface area contributed by atoms with Crippen LogP contribution in [0.4, 0.5) is 4.79 Å². The molecule has 0 heterocycles. The van der Waals surface area contributed by atoms with E-state index in [0.29, 0.717) is 0 Å². The smallest absolute Gasteiger partial charge is 0.408 e. The van der Waals surface area contributed by atoms with Gasteiger partial charge in [-0.05, 0) is 63.3 Å². The van der Waals surface area contributed by atoms with Crippen LogP contribution in [0.15, 0.2) is 84.9 Å². The molecule has 12 heteroatoms. The number of benzene rings is 3. The highest BCUT2D eigenvalue weighted by Crippen LogP contribution is 2.54. The predicted octanol–water partition coefficient (Wildman–Crippen LogP) is 7.47. The minimum absolute atomic E-state index is 0.0285. The molecule has 0 saturated carbocycles. The van der Waals surface area contributed by atoms with Gasteiger partial charge in [0.1, 0.15) is 24.0 Å². The summed E-state index contributed by atoms with van der Waals surface area (Å²) < 4.78 is 37.3. The van der Waals surface area contributed by atoms with E-state index in [1.807, 2.05) is 84.9 Å². The monoisotopic (exact) mass is 722 g/mol. The Bertz CT molecular complexity index is 1640. The van der Waals surface area contributed by atoms with Crippen molar-refractivity contribution in [2.24, 2.45) is 11.8 Å². The highest BCUT2D eigenvalue weighted by atomic mass is 31.2. The molecule has 0 fully saturated rings. The normalized spacial score (nSPS) is 15.0. The third-order valence-electron chi connectivity index (χ3n) is 7.75. The fourth-order valence-corrected chi connectivity index (χ4v) is 7.46. The Morgan fingerprint density at radius 1 is 0.765 bits per heavy atom. The molecular formula is C39H51N2O9P. The number of carbonyl (C=O) groups is 4. The molecule has 0 aliphatic heterocycles. The second kappa shape index (κ2) is 18.7. The van der Waals surface area contributed by atoms with Crippen LogP contribution in [0.3, 0.4) is 0 Å². The van der Waals surface area contributed by atoms with Crippen molar-refractivity contribution in [2.45, 2.75) is 92.1 Å². The highest BCUT2D eigenvalue weighted by molar-refractivity contribution is 7.59. The first-order chi connectivity index (χ1) is 24.0. The van der Waals surface area contributed by atoms with Gasteiger partial charge in [-0.2, -0.15) is 0 Å². The molecule has 3 aromatic carbocycles. The zero-order chi connectivity index (χ0) is 37.8. The summed E-state index contributed by atoms with van der Waals surface area (Å²) in [5, 5.41) is 5.33. The molecule has 0 aromatic heterocycles. The minimum Gasteiger partial charge on any atom is -0.459 e. The summed E-state index contributed by atoms with van der Waals surface area (Å²) in [7, 11) is -4.09. The van der Waals surface area contributed by atoms with Gasteiger partial charge in [-0.1, -0.05) is 98.8 Å². The van der Waals surface area contributed by atoms with Crippen molar-refractivity contribution in [2.75, 3.05) is 6.16 Å². The predicted molar refractivity (Wildman–Crippen MR) is 196 cm³/mol. The molecule has 3 aromatic rings. The highest BCUT2D eigenvalue weighted by Gasteiger charge is 2.42. The van der Waals surface area contributed by atoms with E-state index < -0.39 is 66.9 Å². The summed E-state index contributed by atoms with van der Waals surface area (Å²) in [6, 6.07) is 25.5. The van der Waals surface area contributed by atoms with Crippen molar-refractivity contribution in [3.05, 3.63) is 96.1 Å². The Kier molecular flexibility index (Phi) is 15.0. The van der Waals surface area contributed by atoms with Gasteiger partial charge in [0.05, 0.1) is 5.92 Å². The Labute approximate surface area is 301 Å². The first kappa shape index (κ1) is 41.0. The third-order valence-corrected chi connectivity index (χ3v) is 10.6. The van der Waals surface area contributed by atoms with Crippen LogP contribution in [-0.2, 0) is 50.7 Å². The lowest BCUT2D eigenvalue weighted by molar-refractivity contribution is -0.166. The van der Waals surface area contributed by atoms with Crippen molar-refractivity contribution in [1.82, 2.24) is 10.6 Å². The lowest BCUT2D eigenvalue weighted by Crippen LogP contribution is -2.45. The number of hydrogen-bond donors (Lipinski definition) is 2. The summed E-state index contributed by atoms with van der Waals surface area (Å²) in [6.45, 7) is 12.8. The maximum Gasteiger partial charge on any atom is 0.408 e. The molecule has 11 nitrogen and oxygen atoms in total. The number of rotatable bonds is 16. The maximum atomic E-state index is 15.0. The summed E-state index contributed by atoms with van der Waals surface area (Å²) in [5.74, 6) is -4.47. The van der Waals surface area contributed by atoms with Gasteiger partial charge >= 0.3 is 18.0 Å². The van der Waals surface area contributed by atoms with E-state index >= 15 is 0 Å². The number of amides is 2. The molecule has 0 saturated heterocycles. The molecule has 276 valence electrons. The molecule has 51 heavy (non-hydrogen) atoms. The zero-order valence-corrected chi connectivity index (χ0v) is 31.6. The third kappa shape index (κ3) is 13.6. The van der Waals surface area contributed by atoms with Crippen molar-refractivity contribution in [1.29, 1.82) is 0 Å². The van der Waals surface area contributed by atoms with Gasteiger partial charge in [0.15, 0.2) is 0 Å². The SMILES string of the molecule is CC(=O)OC(OP(=O)(C[C@@H](Cc1ccc(-c2ccccc2)cc1)C(=O)N[C@H](C)C(=O)OCc1ccccc1)C(C)NC(=O)OC(C)(C)C)C(C)C. The first-order valence-electron chi connectivity index (χ1n) is 17.0. The van der Waals surface area contributed by atoms with Crippen molar-refractivity contribution in [3.8, 4) is 11.1 Å². The molecule has 3 unspecified atom stereocenters. The second-order valence-corrected chi connectivity index (χ2v) is 16.6. The van der Waals surface area contributed by atoms with Gasteiger partial charge in [0.25, 0.3) is 0 Å². The van der Waals surface area contributed by atoms with Crippen molar-refractivity contribution < 1.29 is 42.5 Å². The summed E-state index contributed by atoms with van der Waals surface area (Å²) in [4.78, 5) is 51.8. The molecule has 0 bridgehead atoms. The van der Waals surface area contributed by atoms with Crippen molar-refractivity contribution >= 4 is 31.3 Å². The first-order valence-corrected chi connectivity index (χ1v) is 18.9. The summed E-state index contributed by atoms with van der Waals surface area (Å²) in [5.41, 5.74) is 2.70. The van der Waals surface area contributed by atoms with Crippen LogP contribution in [0.25, 0.3) is 11.1 Å². The van der Waals surface area contributed by atoms with Crippen LogP contribution in [-0.4, -0.2) is 53.8 Å². The van der Waals surface area contributed by atoms with Crippen LogP contribution < -0.4 is 10.6 Å². The standard InChI is InChI=1S/C39H51N2O9P/c1-26(2)37(48-29(5)42)50-51(46,28(4)41-38(45)49-39(6,7)8)25-34(23-30-19-21-33(22-20-30)32-17-13-10-14-18-32)35(43)40-27(3)36(44)47-24-31-15-11-9-12-16-31/h9-22,26-28,34,37H,23-25H2,1-8H3,(H,40,43)(H,41,45)/t27-,28?,34-,37?,51?/m1/s1. The number of ether oxygens (including phenoxy) is 3. The fraction of sp³-hybridized carbons (Fsp3) is 0.436. The van der Waals surface area contributed by atoms with Crippen LogP contribution in [0, 0.1) is 11.8 Å². The lowest BCUT2D eigenvalue weighted by Gasteiger charge is -2.33. The van der Waals surface area contributed by atoms with Gasteiger partial charge in [0.2, 0.25) is 19.6 Å². The number of hydrogen-bond acceptors (Lipinski definition) is 9. The summed E-state index contributed by atoms with van der Waals surface area (Å²) in [6.07, 6.45) is -2.33. The van der Waals surface area contributed by atoms with Gasteiger partial charge in [0, 0.05) is 19.0 Å². The van der Waals surface area contributed by atoms with E-state index in [4.69, 9.17) is 18.7 Å². The molecule has 0 spiro atoms. The number of alkyl carbamates (subject to hydrolysis) is 1. The molecule has 0 aliphatic rings. The molecule has 2 N–H and O–H groups in total. The Morgan fingerprint density at radius 3 is 1.88 bits per heavy atom. The molecular weight excluding hydrogens is 671 g/mol. The van der Waals surface area contributed by atoms with Crippen LogP contribution >= 0.6 is 7.37 Å². The lowest BCUT2D eigenvalue weighted by atomic mass is 9.97. The van der Waals surface area contributed by atoms with Gasteiger partial charge in [-0.3, -0.25) is 18.7 Å². The molecule has 5 atom stereocenters. The maximum absolute atomic E-state index is 15.0. The molecule has 0 aliphatic carbocycles. The Hall–Kier alpha value is -4.47. The average molecular weight is 723 g/mol. The van der Waals surface area contributed by atoms with E-state index in [2.05, 4.69) is 10.6 Å². The summed E-state index contributed by atoms with van der Waals surface area (Å²) >= 11 is 0. The van der Waals surface area contributed by atoms with Crippen LogP contribution in [0.1, 0.15) is 66.5 Å². The zero-order valence-electron chi connectivity index (χ0n) is 30.7. The molecule has 2 amide bonds. The Morgan fingerprint density at radius 2 is 1.33 bits per heavy atom. The Balaban J connectivity index is 1.95. The molecule has 3 rings (SSSR count). The van der Waals surface area contributed by atoms with Gasteiger partial charge < -0.3 is 24.8 Å². The largest absolute Gasteiger partial charge is 0.459 e. The fourth-order valence-electron chi connectivity index (χ4n) is 5.03. The van der Waals surface area contributed by atoms with Crippen LogP contribution in [0.2, 0.25) is 0 Å². The van der Waals surface area contributed by atoms with E-state index in [0.717, 1.165) is 22.3 Å². The van der Waals surface area contributed by atoms with E-state index in [1.54, 1.807) is 34.6 Å². The second-order valence-electron chi connectivity index (χ2n) is 13.8.